The number of piperidine rings is 1. The second kappa shape index (κ2) is 6.05. The van der Waals surface area contributed by atoms with E-state index in [1.165, 1.54) is 31.2 Å². The van der Waals surface area contributed by atoms with Crippen molar-refractivity contribution in [2.24, 2.45) is 5.92 Å². The number of benzene rings is 1. The minimum Gasteiger partial charge on any atom is -0.310 e. The normalized spacial score (nSPS) is 30.6. The molecule has 1 aromatic carbocycles. The monoisotopic (exact) mass is 290 g/mol. The van der Waals surface area contributed by atoms with E-state index in [0.717, 1.165) is 24.2 Å². The molecule has 2 heterocycles. The predicted octanol–water partition coefficient (Wildman–Crippen LogP) is 3.66. The van der Waals surface area contributed by atoms with Gasteiger partial charge in [0.1, 0.15) is 5.82 Å². The Morgan fingerprint density at radius 1 is 1.29 bits per heavy atom. The van der Waals surface area contributed by atoms with E-state index in [9.17, 15) is 4.39 Å². The highest BCUT2D eigenvalue weighted by Gasteiger charge is 2.41. The zero-order chi connectivity index (χ0) is 15.0. The van der Waals surface area contributed by atoms with Crippen LogP contribution in [-0.4, -0.2) is 30.6 Å². The minimum atomic E-state index is -0.130. The quantitative estimate of drug-likeness (QED) is 0.910. The molecular formula is C18H27FN2. The SMILES string of the molecule is CCNC(c1ccc(F)cc1C)C1CC2CCC(C1)N2C. The van der Waals surface area contributed by atoms with Crippen LogP contribution in [0.25, 0.3) is 0 Å². The molecule has 1 aromatic rings. The third-order valence-corrected chi connectivity index (χ3v) is 5.60. The highest BCUT2D eigenvalue weighted by Crippen LogP contribution is 2.43. The van der Waals surface area contributed by atoms with Gasteiger partial charge in [-0.05, 0) is 75.4 Å². The first-order valence-corrected chi connectivity index (χ1v) is 8.31. The molecule has 0 spiro atoms. The van der Waals surface area contributed by atoms with E-state index < -0.39 is 0 Å². The van der Waals surface area contributed by atoms with Gasteiger partial charge in [-0.3, -0.25) is 0 Å². The third kappa shape index (κ3) is 2.86. The molecule has 2 fully saturated rings. The highest BCUT2D eigenvalue weighted by atomic mass is 19.1. The van der Waals surface area contributed by atoms with Crippen molar-refractivity contribution >= 4 is 0 Å². The van der Waals surface area contributed by atoms with E-state index in [1.807, 2.05) is 13.0 Å². The van der Waals surface area contributed by atoms with Crippen LogP contribution in [0.5, 0.6) is 0 Å². The van der Waals surface area contributed by atoms with Gasteiger partial charge in [0, 0.05) is 18.1 Å². The van der Waals surface area contributed by atoms with E-state index in [-0.39, 0.29) is 5.82 Å². The van der Waals surface area contributed by atoms with Gasteiger partial charge >= 0.3 is 0 Å². The van der Waals surface area contributed by atoms with Crippen LogP contribution >= 0.6 is 0 Å². The molecule has 2 saturated heterocycles. The number of fused-ring (bicyclic) bond motifs is 2. The molecule has 1 N–H and O–H groups in total. The van der Waals surface area contributed by atoms with Gasteiger partial charge in [0.15, 0.2) is 0 Å². The summed E-state index contributed by atoms with van der Waals surface area (Å²) >= 11 is 0. The zero-order valence-electron chi connectivity index (χ0n) is 13.4. The first-order valence-electron chi connectivity index (χ1n) is 8.31. The summed E-state index contributed by atoms with van der Waals surface area (Å²) < 4.78 is 13.4. The highest BCUT2D eigenvalue weighted by molar-refractivity contribution is 5.30. The van der Waals surface area contributed by atoms with Crippen LogP contribution in [0.2, 0.25) is 0 Å². The first-order chi connectivity index (χ1) is 10.1. The fourth-order valence-electron chi connectivity index (χ4n) is 4.46. The molecule has 2 aliphatic rings. The molecule has 0 saturated carbocycles. The summed E-state index contributed by atoms with van der Waals surface area (Å²) in [5, 5.41) is 3.67. The molecule has 0 aliphatic carbocycles. The Labute approximate surface area is 127 Å². The van der Waals surface area contributed by atoms with Crippen molar-refractivity contribution in [1.29, 1.82) is 0 Å². The Morgan fingerprint density at radius 3 is 2.52 bits per heavy atom. The molecule has 3 atom stereocenters. The van der Waals surface area contributed by atoms with Crippen molar-refractivity contribution in [3.05, 3.63) is 35.1 Å². The average molecular weight is 290 g/mol. The number of nitrogens with one attached hydrogen (secondary N) is 1. The third-order valence-electron chi connectivity index (χ3n) is 5.60. The van der Waals surface area contributed by atoms with Crippen molar-refractivity contribution < 1.29 is 4.39 Å². The van der Waals surface area contributed by atoms with Crippen LogP contribution in [0, 0.1) is 18.7 Å². The maximum absolute atomic E-state index is 13.4. The van der Waals surface area contributed by atoms with Crippen LogP contribution in [0.4, 0.5) is 4.39 Å². The van der Waals surface area contributed by atoms with Crippen molar-refractivity contribution in [2.45, 2.75) is 57.7 Å². The maximum atomic E-state index is 13.4. The van der Waals surface area contributed by atoms with Gasteiger partial charge in [0.05, 0.1) is 0 Å². The number of hydrogen-bond acceptors (Lipinski definition) is 2. The van der Waals surface area contributed by atoms with Crippen molar-refractivity contribution in [3.63, 3.8) is 0 Å². The summed E-state index contributed by atoms with van der Waals surface area (Å²) in [6, 6.07) is 7.12. The molecule has 0 radical (unpaired) electrons. The zero-order valence-corrected chi connectivity index (χ0v) is 13.4. The fraction of sp³-hybridized carbons (Fsp3) is 0.667. The van der Waals surface area contributed by atoms with E-state index in [4.69, 9.17) is 0 Å². The molecule has 2 bridgehead atoms. The lowest BCUT2D eigenvalue weighted by atomic mass is 9.81. The Balaban J connectivity index is 1.85. The number of nitrogens with zero attached hydrogens (tertiary/aromatic N) is 1. The summed E-state index contributed by atoms with van der Waals surface area (Å²) in [5.74, 6) is 0.540. The minimum absolute atomic E-state index is 0.130. The topological polar surface area (TPSA) is 15.3 Å². The van der Waals surface area contributed by atoms with E-state index in [1.54, 1.807) is 12.1 Å². The lowest BCUT2D eigenvalue weighted by Crippen LogP contribution is -2.43. The second-order valence-electron chi connectivity index (χ2n) is 6.82. The number of halogens is 1. The van der Waals surface area contributed by atoms with Crippen LogP contribution in [0.1, 0.15) is 49.8 Å². The molecule has 3 rings (SSSR count). The fourth-order valence-corrected chi connectivity index (χ4v) is 4.46. The molecule has 0 aromatic heterocycles. The lowest BCUT2D eigenvalue weighted by molar-refractivity contribution is 0.112. The molecule has 2 aliphatic heterocycles. The summed E-state index contributed by atoms with van der Waals surface area (Å²) in [6.07, 6.45) is 5.22. The van der Waals surface area contributed by atoms with Crippen LogP contribution in [-0.2, 0) is 0 Å². The molecule has 2 nitrogen and oxygen atoms in total. The Kier molecular flexibility index (Phi) is 4.32. The Hall–Kier alpha value is -0.930. The first kappa shape index (κ1) is 15.0. The molecule has 21 heavy (non-hydrogen) atoms. The Morgan fingerprint density at radius 2 is 1.95 bits per heavy atom. The lowest BCUT2D eigenvalue weighted by Gasteiger charge is -2.40. The smallest absolute Gasteiger partial charge is 0.123 e. The number of hydrogen-bond donors (Lipinski definition) is 1. The van der Waals surface area contributed by atoms with Gasteiger partial charge in [0.25, 0.3) is 0 Å². The van der Waals surface area contributed by atoms with Gasteiger partial charge in [-0.1, -0.05) is 13.0 Å². The standard InChI is InChI=1S/C18H27FN2/c1-4-20-18(17-8-5-14(19)9-12(17)2)13-10-15-6-7-16(11-13)21(15)3/h5,8-9,13,15-16,18,20H,4,6-7,10-11H2,1-3H3. The van der Waals surface area contributed by atoms with Gasteiger partial charge in [0.2, 0.25) is 0 Å². The van der Waals surface area contributed by atoms with E-state index in [0.29, 0.717) is 12.0 Å². The van der Waals surface area contributed by atoms with Crippen LogP contribution < -0.4 is 5.32 Å². The van der Waals surface area contributed by atoms with Crippen LogP contribution in [0.15, 0.2) is 18.2 Å². The number of aryl methyl sites for hydroxylation is 1. The van der Waals surface area contributed by atoms with E-state index >= 15 is 0 Å². The summed E-state index contributed by atoms with van der Waals surface area (Å²) in [6.45, 7) is 5.16. The predicted molar refractivity (Wildman–Crippen MR) is 84.9 cm³/mol. The average Bonchev–Trinajstić information content (AvgIpc) is 2.67. The van der Waals surface area contributed by atoms with E-state index in [2.05, 4.69) is 24.2 Å². The largest absolute Gasteiger partial charge is 0.310 e. The molecule has 3 heteroatoms. The van der Waals surface area contributed by atoms with Crippen molar-refractivity contribution in [1.82, 2.24) is 10.2 Å². The van der Waals surface area contributed by atoms with Gasteiger partial charge in [-0.15, -0.1) is 0 Å². The van der Waals surface area contributed by atoms with Gasteiger partial charge in [-0.2, -0.15) is 0 Å². The summed E-state index contributed by atoms with van der Waals surface area (Å²) in [4.78, 5) is 2.58. The summed E-state index contributed by atoms with van der Waals surface area (Å²) in [7, 11) is 2.28. The molecule has 0 amide bonds. The molecule has 116 valence electrons. The van der Waals surface area contributed by atoms with Crippen LogP contribution in [0.3, 0.4) is 0 Å². The molecular weight excluding hydrogens is 263 g/mol. The van der Waals surface area contributed by atoms with Gasteiger partial charge in [-0.25, -0.2) is 4.39 Å². The second-order valence-corrected chi connectivity index (χ2v) is 6.82. The molecule has 3 unspecified atom stereocenters. The van der Waals surface area contributed by atoms with Crippen molar-refractivity contribution in [3.8, 4) is 0 Å². The van der Waals surface area contributed by atoms with Crippen molar-refractivity contribution in [2.75, 3.05) is 13.6 Å². The number of rotatable bonds is 4. The maximum Gasteiger partial charge on any atom is 0.123 e. The summed E-state index contributed by atoms with van der Waals surface area (Å²) in [5.41, 5.74) is 2.36. The van der Waals surface area contributed by atoms with Gasteiger partial charge < -0.3 is 10.2 Å². The Bertz CT molecular complexity index is 488.